The number of aryl methyl sites for hydroxylation is 1. The second-order valence-corrected chi connectivity index (χ2v) is 3.87. The summed E-state index contributed by atoms with van der Waals surface area (Å²) < 4.78 is 0. The van der Waals surface area contributed by atoms with Crippen molar-refractivity contribution in [3.05, 3.63) is 42.0 Å². The Morgan fingerprint density at radius 3 is 2.43 bits per heavy atom. The van der Waals surface area contributed by atoms with Gasteiger partial charge in [0.05, 0.1) is 6.10 Å². The van der Waals surface area contributed by atoms with Crippen molar-refractivity contribution < 1.29 is 5.11 Å². The molecule has 0 radical (unpaired) electrons. The third-order valence-electron chi connectivity index (χ3n) is 2.63. The van der Waals surface area contributed by atoms with E-state index in [1.54, 1.807) is 0 Å². The Hall–Kier alpha value is -1.28. The Kier molecular flexibility index (Phi) is 2.30. The fraction of sp³-hybridized carbons (Fsp3) is 0.333. The lowest BCUT2D eigenvalue weighted by Crippen LogP contribution is -2.48. The van der Waals surface area contributed by atoms with Gasteiger partial charge in [-0.3, -0.25) is 0 Å². The molecule has 0 unspecified atom stereocenters. The maximum absolute atomic E-state index is 9.18. The van der Waals surface area contributed by atoms with Crippen molar-refractivity contribution in [3.8, 4) is 0 Å². The molecule has 1 saturated heterocycles. The van der Waals surface area contributed by atoms with Crippen LogP contribution in [0, 0.1) is 6.92 Å². The van der Waals surface area contributed by atoms with Crippen molar-refractivity contribution in [1.82, 2.24) is 4.90 Å². The Labute approximate surface area is 84.5 Å². The van der Waals surface area contributed by atoms with Crippen LogP contribution in [0.2, 0.25) is 0 Å². The van der Waals surface area contributed by atoms with Crippen LogP contribution in [-0.4, -0.2) is 29.2 Å². The summed E-state index contributed by atoms with van der Waals surface area (Å²) in [7, 11) is 0. The molecule has 0 amide bonds. The predicted molar refractivity (Wildman–Crippen MR) is 57.8 cm³/mol. The van der Waals surface area contributed by atoms with Crippen molar-refractivity contribution >= 4 is 5.70 Å². The summed E-state index contributed by atoms with van der Waals surface area (Å²) in [6.45, 7) is 7.53. The molecule has 0 aliphatic carbocycles. The molecule has 0 bridgehead atoms. The number of rotatable bonds is 2. The van der Waals surface area contributed by atoms with Gasteiger partial charge >= 0.3 is 0 Å². The van der Waals surface area contributed by atoms with Crippen LogP contribution in [0.15, 0.2) is 30.8 Å². The third kappa shape index (κ3) is 1.66. The first-order valence-corrected chi connectivity index (χ1v) is 4.86. The molecule has 1 fully saturated rings. The largest absolute Gasteiger partial charge is 0.389 e. The average Bonchev–Trinajstić information content (AvgIpc) is 2.13. The van der Waals surface area contributed by atoms with Gasteiger partial charge in [0.15, 0.2) is 0 Å². The summed E-state index contributed by atoms with van der Waals surface area (Å²) in [5.41, 5.74) is 3.41. The molecule has 1 N–H and O–H groups in total. The van der Waals surface area contributed by atoms with Gasteiger partial charge in [-0.15, -0.1) is 0 Å². The third-order valence-corrected chi connectivity index (χ3v) is 2.63. The number of hydrogen-bond acceptors (Lipinski definition) is 2. The van der Waals surface area contributed by atoms with Gasteiger partial charge in [-0.25, -0.2) is 0 Å². The van der Waals surface area contributed by atoms with E-state index in [1.807, 2.05) is 0 Å². The fourth-order valence-corrected chi connectivity index (χ4v) is 1.60. The lowest BCUT2D eigenvalue weighted by atomic mass is 10.1. The van der Waals surface area contributed by atoms with Crippen molar-refractivity contribution in [2.45, 2.75) is 13.0 Å². The Bertz CT molecular complexity index is 336. The lowest BCUT2D eigenvalue weighted by Gasteiger charge is -2.39. The van der Waals surface area contributed by atoms with Crippen molar-refractivity contribution in [1.29, 1.82) is 0 Å². The number of nitrogens with zero attached hydrogens (tertiary/aromatic N) is 1. The van der Waals surface area contributed by atoms with Gasteiger partial charge < -0.3 is 10.0 Å². The molecule has 0 saturated carbocycles. The molecule has 14 heavy (non-hydrogen) atoms. The summed E-state index contributed by atoms with van der Waals surface area (Å²) in [6, 6.07) is 8.30. The van der Waals surface area contributed by atoms with E-state index in [0.717, 1.165) is 11.3 Å². The van der Waals surface area contributed by atoms with Crippen LogP contribution >= 0.6 is 0 Å². The Morgan fingerprint density at radius 1 is 1.36 bits per heavy atom. The molecule has 1 aliphatic heterocycles. The van der Waals surface area contributed by atoms with Crippen molar-refractivity contribution in [3.63, 3.8) is 0 Å². The molecule has 0 spiro atoms. The topological polar surface area (TPSA) is 23.5 Å². The van der Waals surface area contributed by atoms with Gasteiger partial charge in [0, 0.05) is 18.8 Å². The van der Waals surface area contributed by atoms with Crippen LogP contribution in [0.5, 0.6) is 0 Å². The molecule has 1 aliphatic rings. The summed E-state index contributed by atoms with van der Waals surface area (Å²) in [4.78, 5) is 2.09. The lowest BCUT2D eigenvalue weighted by molar-refractivity contribution is 0.0404. The van der Waals surface area contributed by atoms with Gasteiger partial charge in [-0.1, -0.05) is 36.4 Å². The average molecular weight is 189 g/mol. The number of aliphatic hydroxyl groups excluding tert-OH is 1. The minimum absolute atomic E-state index is 0.169. The molecule has 2 heteroatoms. The molecule has 2 rings (SSSR count). The van der Waals surface area contributed by atoms with Crippen molar-refractivity contribution in [2.24, 2.45) is 0 Å². The van der Waals surface area contributed by atoms with Gasteiger partial charge in [-0.2, -0.15) is 0 Å². The monoisotopic (exact) mass is 189 g/mol. The minimum Gasteiger partial charge on any atom is -0.389 e. The normalized spacial score (nSPS) is 16.6. The highest BCUT2D eigenvalue weighted by Crippen LogP contribution is 2.22. The van der Waals surface area contributed by atoms with Gasteiger partial charge in [0.2, 0.25) is 0 Å². The maximum Gasteiger partial charge on any atom is 0.0889 e. The van der Waals surface area contributed by atoms with E-state index in [-0.39, 0.29) is 6.10 Å². The smallest absolute Gasteiger partial charge is 0.0889 e. The number of benzene rings is 1. The second-order valence-electron chi connectivity index (χ2n) is 3.87. The van der Waals surface area contributed by atoms with E-state index in [1.165, 1.54) is 5.56 Å². The molecule has 1 aromatic carbocycles. The first-order chi connectivity index (χ1) is 6.66. The molecule has 2 nitrogen and oxygen atoms in total. The van der Waals surface area contributed by atoms with Crippen LogP contribution in [0.4, 0.5) is 0 Å². The van der Waals surface area contributed by atoms with Gasteiger partial charge in [0.1, 0.15) is 0 Å². The van der Waals surface area contributed by atoms with Gasteiger partial charge in [-0.05, 0) is 12.5 Å². The molecular weight excluding hydrogens is 174 g/mol. The summed E-state index contributed by atoms with van der Waals surface area (Å²) >= 11 is 0. The summed E-state index contributed by atoms with van der Waals surface area (Å²) in [5.74, 6) is 0. The van der Waals surface area contributed by atoms with Crippen molar-refractivity contribution in [2.75, 3.05) is 13.1 Å². The summed E-state index contributed by atoms with van der Waals surface area (Å²) in [6.07, 6.45) is -0.169. The molecule has 74 valence electrons. The van der Waals surface area contributed by atoms with E-state index in [4.69, 9.17) is 0 Å². The molecule has 0 atom stereocenters. The fourth-order valence-electron chi connectivity index (χ4n) is 1.60. The quantitative estimate of drug-likeness (QED) is 0.764. The maximum atomic E-state index is 9.18. The first kappa shape index (κ1) is 9.28. The van der Waals surface area contributed by atoms with E-state index in [9.17, 15) is 5.11 Å². The minimum atomic E-state index is -0.169. The predicted octanol–water partition coefficient (Wildman–Crippen LogP) is 1.64. The van der Waals surface area contributed by atoms with E-state index >= 15 is 0 Å². The number of hydrogen-bond donors (Lipinski definition) is 1. The zero-order valence-corrected chi connectivity index (χ0v) is 8.40. The number of aliphatic hydroxyl groups is 1. The molecule has 1 aromatic rings. The standard InChI is InChI=1S/C12H15NO/c1-9-3-5-11(6-4-9)10(2)13-7-12(14)8-13/h3-6,12,14H,2,7-8H2,1H3. The van der Waals surface area contributed by atoms with E-state index in [2.05, 4.69) is 42.7 Å². The number of likely N-dealkylation sites (tertiary alicyclic amines) is 1. The van der Waals surface area contributed by atoms with Gasteiger partial charge in [0.25, 0.3) is 0 Å². The number of β-amino-alcohol motifs (C(OH)–C–C–N with tert-alkyl or cyclic N) is 1. The highest BCUT2D eigenvalue weighted by Gasteiger charge is 2.25. The van der Waals surface area contributed by atoms with E-state index < -0.39 is 0 Å². The SMILES string of the molecule is C=C(c1ccc(C)cc1)N1CC(O)C1. The zero-order chi connectivity index (χ0) is 10.1. The molecule has 1 heterocycles. The van der Waals surface area contributed by atoms with Crippen LogP contribution in [0.3, 0.4) is 0 Å². The van der Waals surface area contributed by atoms with E-state index in [0.29, 0.717) is 13.1 Å². The second kappa shape index (κ2) is 3.46. The highest BCUT2D eigenvalue weighted by atomic mass is 16.3. The van der Waals surface area contributed by atoms with Crippen LogP contribution in [0.25, 0.3) is 5.70 Å². The first-order valence-electron chi connectivity index (χ1n) is 4.86. The zero-order valence-electron chi connectivity index (χ0n) is 8.40. The molecular formula is C12H15NO. The van der Waals surface area contributed by atoms with Crippen LogP contribution < -0.4 is 0 Å². The Balaban J connectivity index is 2.08. The molecule has 0 aromatic heterocycles. The Morgan fingerprint density at radius 2 is 1.93 bits per heavy atom. The van der Waals surface area contributed by atoms with Crippen LogP contribution in [0.1, 0.15) is 11.1 Å². The van der Waals surface area contributed by atoms with Crippen LogP contribution in [-0.2, 0) is 0 Å². The summed E-state index contributed by atoms with van der Waals surface area (Å²) in [5, 5.41) is 9.18. The highest BCUT2D eigenvalue weighted by molar-refractivity contribution is 5.62.